The van der Waals surface area contributed by atoms with Gasteiger partial charge in [-0.25, -0.2) is 0 Å². The second-order valence-corrected chi connectivity index (χ2v) is 6.37. The van der Waals surface area contributed by atoms with Crippen LogP contribution >= 0.6 is 0 Å². The van der Waals surface area contributed by atoms with Crippen molar-refractivity contribution in [1.29, 1.82) is 0 Å². The van der Waals surface area contributed by atoms with E-state index in [2.05, 4.69) is 18.7 Å². The lowest BCUT2D eigenvalue weighted by Gasteiger charge is -2.30. The van der Waals surface area contributed by atoms with E-state index in [1.165, 1.54) is 0 Å². The van der Waals surface area contributed by atoms with Gasteiger partial charge in [0, 0.05) is 32.2 Å². The molecule has 2 fully saturated rings. The van der Waals surface area contributed by atoms with Crippen LogP contribution < -0.4 is 5.73 Å². The standard InChI is InChI=1S/C16H31N3O2/c1-3-14(7-8-17)18-9-4-10-19(12-11-18)16(20)15-6-5-13(2)21-15/h13-15H,3-12,17H2,1-2H3. The van der Waals surface area contributed by atoms with Gasteiger partial charge in [-0.1, -0.05) is 6.92 Å². The van der Waals surface area contributed by atoms with E-state index in [0.29, 0.717) is 6.04 Å². The Bertz CT molecular complexity index is 337. The second kappa shape index (κ2) is 8.11. The maximum Gasteiger partial charge on any atom is 0.251 e. The first-order chi connectivity index (χ1) is 10.2. The number of nitrogens with two attached hydrogens (primary N) is 1. The molecule has 0 aromatic heterocycles. The van der Waals surface area contributed by atoms with Gasteiger partial charge in [0.25, 0.3) is 5.91 Å². The molecular weight excluding hydrogens is 266 g/mol. The van der Waals surface area contributed by atoms with Gasteiger partial charge in [0.1, 0.15) is 6.10 Å². The number of amides is 1. The van der Waals surface area contributed by atoms with Crippen molar-refractivity contribution < 1.29 is 9.53 Å². The maximum absolute atomic E-state index is 12.5. The summed E-state index contributed by atoms with van der Waals surface area (Å²) in [4.78, 5) is 17.1. The Kier molecular flexibility index (Phi) is 6.45. The summed E-state index contributed by atoms with van der Waals surface area (Å²) in [5.41, 5.74) is 5.71. The predicted octanol–water partition coefficient (Wildman–Crippen LogP) is 1.22. The monoisotopic (exact) mass is 297 g/mol. The third-order valence-corrected chi connectivity index (χ3v) is 4.84. The number of nitrogens with zero attached hydrogens (tertiary/aromatic N) is 2. The molecule has 21 heavy (non-hydrogen) atoms. The van der Waals surface area contributed by atoms with Crippen molar-refractivity contribution in [3.05, 3.63) is 0 Å². The minimum absolute atomic E-state index is 0.197. The average molecular weight is 297 g/mol. The Labute approximate surface area is 128 Å². The number of carbonyl (C=O) groups excluding carboxylic acids is 1. The summed E-state index contributed by atoms with van der Waals surface area (Å²) in [6.07, 6.45) is 5.15. The summed E-state index contributed by atoms with van der Waals surface area (Å²) in [5.74, 6) is 0.202. The van der Waals surface area contributed by atoms with Gasteiger partial charge in [0.2, 0.25) is 0 Å². The Morgan fingerprint density at radius 2 is 2.10 bits per heavy atom. The first-order valence-electron chi connectivity index (χ1n) is 8.54. The largest absolute Gasteiger partial charge is 0.365 e. The van der Waals surface area contributed by atoms with Crippen LogP contribution in [0, 0.1) is 0 Å². The molecule has 0 aromatic rings. The second-order valence-electron chi connectivity index (χ2n) is 6.37. The topological polar surface area (TPSA) is 58.8 Å². The summed E-state index contributed by atoms with van der Waals surface area (Å²) in [7, 11) is 0. The normalized spacial score (nSPS) is 29.4. The van der Waals surface area contributed by atoms with Crippen LogP contribution in [0.5, 0.6) is 0 Å². The molecule has 0 bridgehead atoms. The van der Waals surface area contributed by atoms with Crippen molar-refractivity contribution in [2.75, 3.05) is 32.7 Å². The van der Waals surface area contributed by atoms with Crippen LogP contribution in [0.4, 0.5) is 0 Å². The van der Waals surface area contributed by atoms with Crippen LogP contribution in [0.2, 0.25) is 0 Å². The Morgan fingerprint density at radius 1 is 1.29 bits per heavy atom. The Balaban J connectivity index is 1.86. The van der Waals surface area contributed by atoms with Crippen LogP contribution in [0.3, 0.4) is 0 Å². The summed E-state index contributed by atoms with van der Waals surface area (Å²) in [6.45, 7) is 8.75. The van der Waals surface area contributed by atoms with Crippen LogP contribution in [0.1, 0.15) is 46.0 Å². The minimum Gasteiger partial charge on any atom is -0.365 e. The molecule has 2 heterocycles. The van der Waals surface area contributed by atoms with Crippen molar-refractivity contribution >= 4 is 5.91 Å². The van der Waals surface area contributed by atoms with Gasteiger partial charge in [-0.2, -0.15) is 0 Å². The zero-order valence-electron chi connectivity index (χ0n) is 13.6. The molecule has 0 aromatic carbocycles. The molecule has 3 unspecified atom stereocenters. The van der Waals surface area contributed by atoms with Gasteiger partial charge in [0.15, 0.2) is 0 Å². The highest BCUT2D eigenvalue weighted by Crippen LogP contribution is 2.22. The summed E-state index contributed by atoms with van der Waals surface area (Å²) in [5, 5.41) is 0. The molecule has 0 saturated carbocycles. The van der Waals surface area contributed by atoms with Gasteiger partial charge in [-0.15, -0.1) is 0 Å². The van der Waals surface area contributed by atoms with Crippen LogP contribution in [-0.4, -0.2) is 66.7 Å². The van der Waals surface area contributed by atoms with E-state index < -0.39 is 0 Å². The molecule has 2 rings (SSSR count). The SMILES string of the molecule is CCC(CCN)N1CCCN(C(=O)C2CCC(C)O2)CC1. The van der Waals surface area contributed by atoms with Crippen LogP contribution in [0.25, 0.3) is 0 Å². The Hall–Kier alpha value is -0.650. The molecule has 5 heteroatoms. The van der Waals surface area contributed by atoms with Gasteiger partial charge in [-0.05, 0) is 45.6 Å². The lowest BCUT2D eigenvalue weighted by atomic mass is 10.1. The molecule has 0 aliphatic carbocycles. The fourth-order valence-electron chi connectivity index (χ4n) is 3.55. The molecule has 2 aliphatic rings. The highest BCUT2D eigenvalue weighted by molar-refractivity contribution is 5.81. The van der Waals surface area contributed by atoms with Crippen molar-refractivity contribution in [2.24, 2.45) is 5.73 Å². The predicted molar refractivity (Wildman–Crippen MR) is 84.1 cm³/mol. The summed E-state index contributed by atoms with van der Waals surface area (Å²) in [6, 6.07) is 0.563. The maximum atomic E-state index is 12.5. The molecule has 5 nitrogen and oxygen atoms in total. The van der Waals surface area contributed by atoms with Gasteiger partial charge in [0.05, 0.1) is 6.10 Å². The Morgan fingerprint density at radius 3 is 2.71 bits per heavy atom. The van der Waals surface area contributed by atoms with E-state index in [4.69, 9.17) is 10.5 Å². The fourth-order valence-corrected chi connectivity index (χ4v) is 3.55. The van der Waals surface area contributed by atoms with Gasteiger partial charge < -0.3 is 15.4 Å². The smallest absolute Gasteiger partial charge is 0.251 e. The highest BCUT2D eigenvalue weighted by Gasteiger charge is 2.32. The molecule has 0 radical (unpaired) electrons. The average Bonchev–Trinajstić information content (AvgIpc) is 2.77. The zero-order valence-corrected chi connectivity index (χ0v) is 13.6. The highest BCUT2D eigenvalue weighted by atomic mass is 16.5. The number of hydrogen-bond acceptors (Lipinski definition) is 4. The molecule has 2 N–H and O–H groups in total. The van der Waals surface area contributed by atoms with Crippen molar-refractivity contribution in [2.45, 2.75) is 64.2 Å². The van der Waals surface area contributed by atoms with Crippen LogP contribution in [-0.2, 0) is 9.53 Å². The van der Waals surface area contributed by atoms with Gasteiger partial charge >= 0.3 is 0 Å². The van der Waals surface area contributed by atoms with Crippen molar-refractivity contribution in [1.82, 2.24) is 9.80 Å². The number of rotatable bonds is 5. The van der Waals surface area contributed by atoms with E-state index in [1.807, 2.05) is 4.90 Å². The molecule has 2 aliphatic heterocycles. The zero-order chi connectivity index (χ0) is 15.2. The molecule has 122 valence electrons. The van der Waals surface area contributed by atoms with E-state index in [1.54, 1.807) is 0 Å². The molecule has 0 spiro atoms. The summed E-state index contributed by atoms with van der Waals surface area (Å²) >= 11 is 0. The van der Waals surface area contributed by atoms with Crippen molar-refractivity contribution in [3.63, 3.8) is 0 Å². The lowest BCUT2D eigenvalue weighted by molar-refractivity contribution is -0.142. The molecule has 3 atom stereocenters. The molecular formula is C16H31N3O2. The van der Waals surface area contributed by atoms with E-state index in [9.17, 15) is 4.79 Å². The number of hydrogen-bond donors (Lipinski definition) is 1. The van der Waals surface area contributed by atoms with Gasteiger partial charge in [-0.3, -0.25) is 9.69 Å². The molecule has 2 saturated heterocycles. The minimum atomic E-state index is -0.197. The van der Waals surface area contributed by atoms with Crippen molar-refractivity contribution in [3.8, 4) is 0 Å². The quantitative estimate of drug-likeness (QED) is 0.829. The third kappa shape index (κ3) is 4.41. The number of carbonyl (C=O) groups is 1. The third-order valence-electron chi connectivity index (χ3n) is 4.84. The lowest BCUT2D eigenvalue weighted by Crippen LogP contribution is -2.43. The fraction of sp³-hybridized carbons (Fsp3) is 0.938. The number of ether oxygens (including phenoxy) is 1. The first-order valence-corrected chi connectivity index (χ1v) is 8.54. The molecule has 1 amide bonds. The summed E-state index contributed by atoms with van der Waals surface area (Å²) < 4.78 is 5.73. The van der Waals surface area contributed by atoms with E-state index in [-0.39, 0.29) is 18.1 Å². The first kappa shape index (κ1) is 16.7. The van der Waals surface area contributed by atoms with Crippen LogP contribution in [0.15, 0.2) is 0 Å². The van der Waals surface area contributed by atoms with E-state index in [0.717, 1.165) is 64.8 Å². The van der Waals surface area contributed by atoms with E-state index >= 15 is 0 Å².